The Labute approximate surface area is 107 Å². The van der Waals surface area contributed by atoms with Gasteiger partial charge in [-0.25, -0.2) is 9.37 Å². The van der Waals surface area contributed by atoms with Crippen molar-refractivity contribution in [2.24, 2.45) is 7.05 Å². The summed E-state index contributed by atoms with van der Waals surface area (Å²) in [5.74, 6) is -0.250. The van der Waals surface area contributed by atoms with Crippen LogP contribution in [0.2, 0.25) is 5.02 Å². The minimum Gasteiger partial charge on any atom is -0.369 e. The van der Waals surface area contributed by atoms with Crippen LogP contribution < -0.4 is 5.73 Å². The molecule has 3 aromatic rings. The summed E-state index contributed by atoms with van der Waals surface area (Å²) in [6.07, 6.45) is 3.43. The molecular formula is C11H9ClFN5. The van der Waals surface area contributed by atoms with Crippen molar-refractivity contribution < 1.29 is 4.39 Å². The molecule has 0 spiro atoms. The zero-order valence-electron chi connectivity index (χ0n) is 9.43. The molecule has 3 rings (SSSR count). The summed E-state index contributed by atoms with van der Waals surface area (Å²) in [4.78, 5) is 4.11. The van der Waals surface area contributed by atoms with E-state index in [0.29, 0.717) is 11.0 Å². The van der Waals surface area contributed by atoms with Gasteiger partial charge in [0.25, 0.3) is 0 Å². The highest BCUT2D eigenvalue weighted by Crippen LogP contribution is 2.27. The van der Waals surface area contributed by atoms with Crippen molar-refractivity contribution >= 4 is 28.6 Å². The number of halogens is 2. The molecule has 0 radical (unpaired) electrons. The second-order valence-electron chi connectivity index (χ2n) is 3.93. The monoisotopic (exact) mass is 265 g/mol. The van der Waals surface area contributed by atoms with Crippen LogP contribution in [0.1, 0.15) is 0 Å². The van der Waals surface area contributed by atoms with Gasteiger partial charge in [-0.1, -0.05) is 11.6 Å². The molecule has 7 heteroatoms. The van der Waals surface area contributed by atoms with Crippen LogP contribution in [-0.4, -0.2) is 19.3 Å². The van der Waals surface area contributed by atoms with E-state index in [2.05, 4.69) is 10.1 Å². The Hall–Kier alpha value is -2.08. The van der Waals surface area contributed by atoms with Crippen LogP contribution in [-0.2, 0) is 7.05 Å². The maximum absolute atomic E-state index is 13.4. The molecule has 0 amide bonds. The molecule has 0 saturated heterocycles. The number of aryl methyl sites for hydroxylation is 1. The number of nitrogens with zero attached hydrogens (tertiary/aromatic N) is 4. The lowest BCUT2D eigenvalue weighted by Gasteiger charge is -2.02. The largest absolute Gasteiger partial charge is 0.369 e. The quantitative estimate of drug-likeness (QED) is 0.733. The summed E-state index contributed by atoms with van der Waals surface area (Å²) in [7, 11) is 1.80. The lowest BCUT2D eigenvalue weighted by atomic mass is 10.3. The Bertz CT molecular complexity index is 745. The van der Waals surface area contributed by atoms with Crippen molar-refractivity contribution in [2.45, 2.75) is 0 Å². The first-order valence-electron chi connectivity index (χ1n) is 5.18. The number of fused-ring (bicyclic) bond motifs is 1. The topological polar surface area (TPSA) is 61.7 Å². The maximum atomic E-state index is 13.4. The van der Waals surface area contributed by atoms with E-state index in [4.69, 9.17) is 17.3 Å². The van der Waals surface area contributed by atoms with E-state index in [9.17, 15) is 4.39 Å². The minimum absolute atomic E-state index is 0.0348. The number of nitrogen functional groups attached to an aromatic ring is 1. The Morgan fingerprint density at radius 1 is 1.39 bits per heavy atom. The smallest absolute Gasteiger partial charge is 0.206 e. The minimum atomic E-state index is -0.514. The Kier molecular flexibility index (Phi) is 2.27. The molecule has 0 atom stereocenters. The molecule has 0 aliphatic heterocycles. The van der Waals surface area contributed by atoms with Gasteiger partial charge in [0.1, 0.15) is 5.82 Å². The van der Waals surface area contributed by atoms with Crippen LogP contribution in [0.4, 0.5) is 10.3 Å². The highest BCUT2D eigenvalue weighted by molar-refractivity contribution is 6.31. The molecule has 18 heavy (non-hydrogen) atoms. The zero-order valence-corrected chi connectivity index (χ0v) is 10.2. The molecule has 0 aliphatic rings. The summed E-state index contributed by atoms with van der Waals surface area (Å²) in [5, 5.41) is 4.10. The van der Waals surface area contributed by atoms with Crippen molar-refractivity contribution in [3.63, 3.8) is 0 Å². The summed E-state index contributed by atoms with van der Waals surface area (Å²) in [5.41, 5.74) is 7.70. The first kappa shape index (κ1) is 11.0. The Morgan fingerprint density at radius 3 is 2.83 bits per heavy atom. The lowest BCUT2D eigenvalue weighted by molar-refractivity contribution is 0.630. The number of aromatic nitrogens is 4. The van der Waals surface area contributed by atoms with Gasteiger partial charge in [-0.2, -0.15) is 5.10 Å². The normalized spacial score (nSPS) is 11.3. The number of anilines is 1. The number of hydrogen-bond acceptors (Lipinski definition) is 3. The second-order valence-corrected chi connectivity index (χ2v) is 4.34. The first-order valence-corrected chi connectivity index (χ1v) is 5.56. The Balaban J connectivity index is 2.35. The van der Waals surface area contributed by atoms with Crippen molar-refractivity contribution in [1.82, 2.24) is 19.3 Å². The predicted molar refractivity (Wildman–Crippen MR) is 67.2 cm³/mol. The van der Waals surface area contributed by atoms with Crippen LogP contribution in [0.25, 0.3) is 16.7 Å². The summed E-state index contributed by atoms with van der Waals surface area (Å²) < 4.78 is 16.7. The number of hydrogen-bond donors (Lipinski definition) is 1. The molecule has 0 fully saturated rings. The SMILES string of the molecule is Cn1cc(-n2c(N)nc3cc(F)c(Cl)cc32)cn1. The molecule has 0 unspecified atom stereocenters. The predicted octanol–water partition coefficient (Wildman–Crippen LogP) is 2.13. The number of imidazole rings is 1. The highest BCUT2D eigenvalue weighted by Gasteiger charge is 2.14. The molecular weight excluding hydrogens is 257 g/mol. The van der Waals surface area contributed by atoms with Gasteiger partial charge in [0.2, 0.25) is 5.95 Å². The average molecular weight is 266 g/mol. The van der Waals surface area contributed by atoms with E-state index in [1.807, 2.05) is 0 Å². The van der Waals surface area contributed by atoms with Crippen molar-refractivity contribution in [3.05, 3.63) is 35.4 Å². The van der Waals surface area contributed by atoms with E-state index in [1.165, 1.54) is 12.1 Å². The zero-order chi connectivity index (χ0) is 12.9. The van der Waals surface area contributed by atoms with Gasteiger partial charge in [0.15, 0.2) is 0 Å². The van der Waals surface area contributed by atoms with Crippen LogP contribution in [0, 0.1) is 5.82 Å². The third-order valence-corrected chi connectivity index (χ3v) is 2.96. The summed E-state index contributed by atoms with van der Waals surface area (Å²) >= 11 is 5.78. The van der Waals surface area contributed by atoms with Crippen LogP contribution in [0.5, 0.6) is 0 Å². The fourth-order valence-corrected chi connectivity index (χ4v) is 2.04. The molecule has 2 aromatic heterocycles. The second kappa shape index (κ2) is 3.71. The van der Waals surface area contributed by atoms with E-state index < -0.39 is 5.82 Å². The molecule has 92 valence electrons. The third kappa shape index (κ3) is 1.53. The fourth-order valence-electron chi connectivity index (χ4n) is 1.89. The van der Waals surface area contributed by atoms with Crippen LogP contribution in [0.15, 0.2) is 24.5 Å². The highest BCUT2D eigenvalue weighted by atomic mass is 35.5. The van der Waals surface area contributed by atoms with Crippen LogP contribution >= 0.6 is 11.6 Å². The average Bonchev–Trinajstić information content (AvgIpc) is 2.83. The molecule has 2 heterocycles. The molecule has 2 N–H and O–H groups in total. The fraction of sp³-hybridized carbons (Fsp3) is 0.0909. The number of rotatable bonds is 1. The molecule has 0 bridgehead atoms. The van der Waals surface area contributed by atoms with Gasteiger partial charge in [0, 0.05) is 19.3 Å². The van der Waals surface area contributed by atoms with Crippen molar-refractivity contribution in [1.29, 1.82) is 0 Å². The molecule has 5 nitrogen and oxygen atoms in total. The van der Waals surface area contributed by atoms with E-state index >= 15 is 0 Å². The summed E-state index contributed by atoms with van der Waals surface area (Å²) in [6.45, 7) is 0. The van der Waals surface area contributed by atoms with Gasteiger partial charge in [-0.05, 0) is 6.07 Å². The van der Waals surface area contributed by atoms with Crippen LogP contribution in [0.3, 0.4) is 0 Å². The molecule has 1 aromatic carbocycles. The van der Waals surface area contributed by atoms with E-state index in [0.717, 1.165) is 5.69 Å². The van der Waals surface area contributed by atoms with Crippen molar-refractivity contribution in [3.8, 4) is 5.69 Å². The van der Waals surface area contributed by atoms with Gasteiger partial charge < -0.3 is 5.73 Å². The van der Waals surface area contributed by atoms with Gasteiger partial charge >= 0.3 is 0 Å². The van der Waals surface area contributed by atoms with E-state index in [-0.39, 0.29) is 11.0 Å². The standard InChI is InChI=1S/C11H9ClFN5/c1-17-5-6(4-15-17)18-10-2-7(12)8(13)3-9(10)16-11(18)14/h2-5H,1H3,(H2,14,16). The summed E-state index contributed by atoms with van der Waals surface area (Å²) in [6, 6.07) is 2.77. The first-order chi connectivity index (χ1) is 8.56. The van der Waals surface area contributed by atoms with Gasteiger partial charge in [0.05, 0.1) is 27.9 Å². The Morgan fingerprint density at radius 2 is 2.17 bits per heavy atom. The molecule has 0 saturated carbocycles. The third-order valence-electron chi connectivity index (χ3n) is 2.67. The van der Waals surface area contributed by atoms with E-state index in [1.54, 1.807) is 28.7 Å². The number of benzene rings is 1. The lowest BCUT2D eigenvalue weighted by Crippen LogP contribution is -1.99. The van der Waals surface area contributed by atoms with Crippen molar-refractivity contribution in [2.75, 3.05) is 5.73 Å². The maximum Gasteiger partial charge on any atom is 0.206 e. The van der Waals surface area contributed by atoms with Gasteiger partial charge in [-0.3, -0.25) is 9.25 Å². The number of nitrogens with two attached hydrogens (primary N) is 1. The molecule has 0 aliphatic carbocycles. The van der Waals surface area contributed by atoms with Gasteiger partial charge in [-0.15, -0.1) is 0 Å².